The van der Waals surface area contributed by atoms with Crippen molar-refractivity contribution in [3.05, 3.63) is 46.2 Å². The molecule has 0 amide bonds. The summed E-state index contributed by atoms with van der Waals surface area (Å²) in [6.07, 6.45) is 1.82. The second kappa shape index (κ2) is 6.21. The predicted octanol–water partition coefficient (Wildman–Crippen LogP) is 3.38. The highest BCUT2D eigenvalue weighted by atomic mass is 32.1. The van der Waals surface area contributed by atoms with Gasteiger partial charge in [0.1, 0.15) is 0 Å². The van der Waals surface area contributed by atoms with Crippen LogP contribution in [-0.2, 0) is 6.54 Å². The summed E-state index contributed by atoms with van der Waals surface area (Å²) in [5.74, 6) is 1.44. The number of benzene rings is 1. The van der Waals surface area contributed by atoms with Crippen LogP contribution in [0.4, 0.5) is 0 Å². The van der Waals surface area contributed by atoms with E-state index in [2.05, 4.69) is 16.4 Å². The Labute approximate surface area is 111 Å². The van der Waals surface area contributed by atoms with Crippen molar-refractivity contribution >= 4 is 17.6 Å². The van der Waals surface area contributed by atoms with Crippen molar-refractivity contribution in [2.45, 2.75) is 6.54 Å². The highest BCUT2D eigenvalue weighted by Crippen LogP contribution is 2.29. The molecule has 0 N–H and O–H groups in total. The van der Waals surface area contributed by atoms with E-state index in [0.717, 1.165) is 17.1 Å². The van der Waals surface area contributed by atoms with E-state index < -0.39 is 0 Å². The van der Waals surface area contributed by atoms with Crippen LogP contribution in [0, 0.1) is 0 Å². The van der Waals surface area contributed by atoms with Crippen LogP contribution in [0.1, 0.15) is 10.4 Å². The van der Waals surface area contributed by atoms with Gasteiger partial charge in [-0.05, 0) is 23.6 Å². The zero-order valence-corrected chi connectivity index (χ0v) is 11.2. The fourth-order valence-electron chi connectivity index (χ4n) is 1.65. The van der Waals surface area contributed by atoms with Crippen LogP contribution in [0.25, 0.3) is 0 Å². The molecule has 0 unspecified atom stereocenters. The first-order valence-corrected chi connectivity index (χ1v) is 6.46. The monoisotopic (exact) mass is 261 g/mol. The Morgan fingerprint density at radius 2 is 2.06 bits per heavy atom. The lowest BCUT2D eigenvalue weighted by Gasteiger charge is -2.09. The number of hydrogen-bond acceptors (Lipinski definition) is 4. The molecule has 1 heterocycles. The van der Waals surface area contributed by atoms with Gasteiger partial charge in [-0.1, -0.05) is 12.1 Å². The Hall–Kier alpha value is -1.81. The SMILES string of the molecule is COc1cccc(C=NCc2cccs2)c1OC. The lowest BCUT2D eigenvalue weighted by atomic mass is 10.2. The summed E-state index contributed by atoms with van der Waals surface area (Å²) in [6.45, 7) is 0.692. The van der Waals surface area contributed by atoms with E-state index in [0.29, 0.717) is 6.54 Å². The first kappa shape index (κ1) is 12.6. The molecule has 2 rings (SSSR count). The van der Waals surface area contributed by atoms with Gasteiger partial charge in [0.15, 0.2) is 11.5 Å². The molecule has 0 atom stereocenters. The molecule has 0 fully saturated rings. The molecule has 18 heavy (non-hydrogen) atoms. The fraction of sp³-hybridized carbons (Fsp3) is 0.214. The smallest absolute Gasteiger partial charge is 0.169 e. The second-order valence-corrected chi connectivity index (χ2v) is 4.66. The van der Waals surface area contributed by atoms with Crippen molar-refractivity contribution < 1.29 is 9.47 Å². The summed E-state index contributed by atoms with van der Waals surface area (Å²) >= 11 is 1.71. The number of rotatable bonds is 5. The first-order chi connectivity index (χ1) is 8.85. The van der Waals surface area contributed by atoms with Gasteiger partial charge in [0, 0.05) is 16.7 Å². The third-order valence-corrected chi connectivity index (χ3v) is 3.35. The van der Waals surface area contributed by atoms with Crippen molar-refractivity contribution in [3.8, 4) is 11.5 Å². The van der Waals surface area contributed by atoms with Crippen molar-refractivity contribution in [2.24, 2.45) is 4.99 Å². The number of para-hydroxylation sites is 1. The van der Waals surface area contributed by atoms with E-state index in [1.165, 1.54) is 4.88 Å². The Bertz CT molecular complexity index is 521. The van der Waals surface area contributed by atoms with Gasteiger partial charge >= 0.3 is 0 Å². The maximum Gasteiger partial charge on any atom is 0.169 e. The van der Waals surface area contributed by atoms with Gasteiger partial charge in [0.2, 0.25) is 0 Å². The number of nitrogens with zero attached hydrogens (tertiary/aromatic N) is 1. The highest BCUT2D eigenvalue weighted by Gasteiger charge is 2.06. The number of ether oxygens (including phenoxy) is 2. The molecule has 0 aliphatic rings. The van der Waals surface area contributed by atoms with Crippen LogP contribution in [0.2, 0.25) is 0 Å². The standard InChI is InChI=1S/C14H15NO2S/c1-16-13-7-3-5-11(14(13)17-2)9-15-10-12-6-4-8-18-12/h3-9H,10H2,1-2H3. The van der Waals surface area contributed by atoms with E-state index in [-0.39, 0.29) is 0 Å². The van der Waals surface area contributed by atoms with Crippen molar-refractivity contribution in [2.75, 3.05) is 14.2 Å². The molecule has 0 bridgehead atoms. The molecule has 1 aromatic carbocycles. The van der Waals surface area contributed by atoms with Crippen molar-refractivity contribution in [1.29, 1.82) is 0 Å². The minimum absolute atomic E-state index is 0.692. The number of aliphatic imine (C=N–C) groups is 1. The normalized spacial score (nSPS) is 10.8. The first-order valence-electron chi connectivity index (χ1n) is 5.58. The maximum atomic E-state index is 5.34. The average Bonchev–Trinajstić information content (AvgIpc) is 2.91. The molecule has 0 aliphatic carbocycles. The van der Waals surface area contributed by atoms with Crippen LogP contribution in [0.15, 0.2) is 40.7 Å². The molecule has 0 aliphatic heterocycles. The molecular weight excluding hydrogens is 246 g/mol. The Morgan fingerprint density at radius 3 is 2.72 bits per heavy atom. The second-order valence-electron chi connectivity index (χ2n) is 3.63. The van der Waals surface area contributed by atoms with E-state index in [1.807, 2.05) is 30.5 Å². The Kier molecular flexibility index (Phi) is 4.36. The topological polar surface area (TPSA) is 30.8 Å². The lowest BCUT2D eigenvalue weighted by molar-refractivity contribution is 0.354. The molecule has 0 radical (unpaired) electrons. The van der Waals surface area contributed by atoms with Crippen LogP contribution >= 0.6 is 11.3 Å². The average molecular weight is 261 g/mol. The zero-order valence-electron chi connectivity index (χ0n) is 10.4. The highest BCUT2D eigenvalue weighted by molar-refractivity contribution is 7.09. The molecule has 3 nitrogen and oxygen atoms in total. The molecule has 0 saturated carbocycles. The zero-order chi connectivity index (χ0) is 12.8. The number of hydrogen-bond donors (Lipinski definition) is 0. The summed E-state index contributed by atoms with van der Waals surface area (Å²) in [5, 5.41) is 2.05. The Morgan fingerprint density at radius 1 is 1.17 bits per heavy atom. The van der Waals surface area contributed by atoms with Crippen molar-refractivity contribution in [1.82, 2.24) is 0 Å². The van der Waals surface area contributed by atoms with E-state index >= 15 is 0 Å². The van der Waals surface area contributed by atoms with Crippen molar-refractivity contribution in [3.63, 3.8) is 0 Å². The molecule has 2 aromatic rings. The summed E-state index contributed by atoms with van der Waals surface area (Å²) in [7, 11) is 3.26. The fourth-order valence-corrected chi connectivity index (χ4v) is 2.29. The van der Waals surface area contributed by atoms with E-state index in [4.69, 9.17) is 9.47 Å². The van der Waals surface area contributed by atoms with E-state index in [1.54, 1.807) is 25.6 Å². The summed E-state index contributed by atoms with van der Waals surface area (Å²) in [5.41, 5.74) is 0.924. The molecular formula is C14H15NO2S. The molecule has 0 saturated heterocycles. The third kappa shape index (κ3) is 2.90. The van der Waals surface area contributed by atoms with Gasteiger partial charge in [0.05, 0.1) is 20.8 Å². The van der Waals surface area contributed by atoms with Gasteiger partial charge in [-0.2, -0.15) is 0 Å². The van der Waals surface area contributed by atoms with Crippen LogP contribution < -0.4 is 9.47 Å². The van der Waals surface area contributed by atoms with Crippen LogP contribution in [0.3, 0.4) is 0 Å². The minimum atomic E-state index is 0.692. The molecule has 94 valence electrons. The molecule has 1 aromatic heterocycles. The summed E-state index contributed by atoms with van der Waals surface area (Å²) < 4.78 is 10.6. The maximum absolute atomic E-state index is 5.34. The van der Waals surface area contributed by atoms with Gasteiger partial charge in [-0.3, -0.25) is 4.99 Å². The van der Waals surface area contributed by atoms with E-state index in [9.17, 15) is 0 Å². The quantitative estimate of drug-likeness (QED) is 0.772. The van der Waals surface area contributed by atoms with Gasteiger partial charge in [-0.25, -0.2) is 0 Å². The lowest BCUT2D eigenvalue weighted by Crippen LogP contribution is -1.95. The predicted molar refractivity (Wildman–Crippen MR) is 75.2 cm³/mol. The summed E-state index contributed by atoms with van der Waals surface area (Å²) in [4.78, 5) is 5.66. The number of methoxy groups -OCH3 is 2. The number of thiophene rings is 1. The molecule has 0 spiro atoms. The van der Waals surface area contributed by atoms with Gasteiger partial charge < -0.3 is 9.47 Å². The van der Waals surface area contributed by atoms with Crippen LogP contribution in [0.5, 0.6) is 11.5 Å². The van der Waals surface area contributed by atoms with Gasteiger partial charge in [0.25, 0.3) is 0 Å². The Balaban J connectivity index is 2.15. The third-order valence-electron chi connectivity index (χ3n) is 2.49. The van der Waals surface area contributed by atoms with Crippen LogP contribution in [-0.4, -0.2) is 20.4 Å². The minimum Gasteiger partial charge on any atom is -0.493 e. The summed E-state index contributed by atoms with van der Waals surface area (Å²) in [6, 6.07) is 9.86. The van der Waals surface area contributed by atoms with Gasteiger partial charge in [-0.15, -0.1) is 11.3 Å². The largest absolute Gasteiger partial charge is 0.493 e. The molecule has 4 heteroatoms.